The molecule has 123 heavy (non-hydrogen) atoms. The number of carboxylic acids is 7. The summed E-state index contributed by atoms with van der Waals surface area (Å²) in [6, 6.07) is 0.00107. The summed E-state index contributed by atoms with van der Waals surface area (Å²) >= 11 is 1.25. The van der Waals surface area contributed by atoms with E-state index >= 15 is 0 Å². The molecule has 12 atom stereocenters. The van der Waals surface area contributed by atoms with Gasteiger partial charge in [0.15, 0.2) is 0 Å². The Bertz CT molecular complexity index is 4410. The summed E-state index contributed by atoms with van der Waals surface area (Å²) in [4.78, 5) is 264. The molecule has 0 spiro atoms. The lowest BCUT2D eigenvalue weighted by Gasteiger charge is -2.27. The van der Waals surface area contributed by atoms with Gasteiger partial charge in [-0.05, 0) is 105 Å². The highest BCUT2D eigenvalue weighted by Gasteiger charge is 2.40. The summed E-state index contributed by atoms with van der Waals surface area (Å²) in [5, 5.41) is 104. The number of hydrogen-bond acceptors (Lipinski definition) is 23. The number of carboxylic acid groups (broad SMARTS) is 7. The number of carbonyl (C=O) groups excluding carboxylic acids is 13. The molecule has 43 nitrogen and oxygen atoms in total. The molecule has 1 heterocycles. The minimum Gasteiger partial charge on any atom is -0.508 e. The summed E-state index contributed by atoms with van der Waals surface area (Å²) in [5.41, 5.74) is 13.5. The first-order chi connectivity index (χ1) is 57.7. The van der Waals surface area contributed by atoms with Gasteiger partial charge < -0.3 is 121 Å². The van der Waals surface area contributed by atoms with Crippen LogP contribution in [-0.4, -0.2) is 262 Å². The number of carbonyl (C=O) groups is 20. The van der Waals surface area contributed by atoms with Crippen molar-refractivity contribution in [2.75, 3.05) is 18.6 Å². The van der Waals surface area contributed by atoms with Crippen LogP contribution in [0.2, 0.25) is 0 Å². The van der Waals surface area contributed by atoms with Gasteiger partial charge in [-0.2, -0.15) is 24.9 Å². The zero-order chi connectivity index (χ0) is 92.5. The number of aromatic amines is 1. The molecule has 0 aliphatic carbocycles. The number of H-pyrrole nitrogens is 1. The number of nitrogens with two attached hydrogens (primary N) is 2. The van der Waals surface area contributed by atoms with Gasteiger partial charge >= 0.3 is 48.0 Å². The minimum atomic E-state index is -5.08. The van der Waals surface area contributed by atoms with E-state index in [2.05, 4.69) is 68.8 Å². The van der Waals surface area contributed by atoms with Crippen molar-refractivity contribution in [3.8, 4) is 5.75 Å². The average Bonchev–Trinajstić information content (AvgIpc) is 1.69. The summed E-state index contributed by atoms with van der Waals surface area (Å²) in [6.07, 6.45) is -11.6. The van der Waals surface area contributed by atoms with Crippen LogP contribution in [0.3, 0.4) is 0 Å². The normalized spacial score (nSPS) is 14.0. The molecule has 47 heteroatoms. The molecule has 3 aromatic carbocycles. The van der Waals surface area contributed by atoms with Crippen LogP contribution in [0.5, 0.6) is 5.75 Å². The SMILES string of the molecule is CSCC[C@H](NC(=O)[C@H](Cc1c[nH]c2ccccc12)NC(=O)CNC(=O)[C@H](Cc1ccc(O)cc1)NC(=O)[C@H](C)NC(=O)[C@H](CCC(=O)O)NC(=O)[C@H](CCC(=O)O)NC(=O)[C@H](CCC(=O)O)NC(=O)[C@H](CCC(=O)O)NC(=O)[C@H](CCC(=O)O)NC(=O)[C@@H](N)CC(C)C)C(=O)N[C@@H](CC(=O)O)C(=O)N[C@@H](Cc1ccccc1)C(N)=O.O=C(O)C(F)(F)F. The topological polar surface area (TPSA) is 715 Å². The van der Waals surface area contributed by atoms with E-state index in [0.717, 1.165) is 6.92 Å². The summed E-state index contributed by atoms with van der Waals surface area (Å²) in [5.74, 6) is -26.9. The number of halogens is 3. The van der Waals surface area contributed by atoms with Crippen LogP contribution in [0.15, 0.2) is 85.1 Å². The van der Waals surface area contributed by atoms with E-state index in [1.54, 1.807) is 80.9 Å². The number of fused-ring (bicyclic) bond motifs is 1. The molecule has 0 fully saturated rings. The van der Waals surface area contributed by atoms with Crippen LogP contribution in [-0.2, 0) is 115 Å². The van der Waals surface area contributed by atoms with Crippen molar-refractivity contribution >= 4 is 141 Å². The monoisotopic (exact) mass is 1760 g/mol. The van der Waals surface area contributed by atoms with E-state index in [9.17, 15) is 140 Å². The lowest BCUT2D eigenvalue weighted by molar-refractivity contribution is -0.192. The zero-order valence-electron chi connectivity index (χ0n) is 66.8. The van der Waals surface area contributed by atoms with E-state index in [-0.39, 0.29) is 43.1 Å². The number of thioether (sulfide) groups is 1. The van der Waals surface area contributed by atoms with Crippen molar-refractivity contribution in [2.45, 2.75) is 202 Å². The quantitative estimate of drug-likeness (QED) is 0.0216. The summed E-state index contributed by atoms with van der Waals surface area (Å²) in [6.45, 7) is 3.63. The molecule has 4 aromatic rings. The average molecular weight is 1760 g/mol. The Kier molecular flexibility index (Phi) is 43.7. The van der Waals surface area contributed by atoms with Gasteiger partial charge in [-0.3, -0.25) is 91.1 Å². The first kappa shape index (κ1) is 104. The Balaban J connectivity index is 0.00000533. The third-order valence-electron chi connectivity index (χ3n) is 17.8. The van der Waals surface area contributed by atoms with E-state index in [0.29, 0.717) is 27.6 Å². The molecule has 25 N–H and O–H groups in total. The maximum atomic E-state index is 14.6. The van der Waals surface area contributed by atoms with Gasteiger partial charge in [0.1, 0.15) is 72.2 Å². The Morgan fingerprint density at radius 1 is 0.415 bits per heavy atom. The number of alkyl halides is 3. The fourth-order valence-corrected chi connectivity index (χ4v) is 11.9. The largest absolute Gasteiger partial charge is 0.508 e. The lowest BCUT2D eigenvalue weighted by atomic mass is 10.0. The first-order valence-corrected chi connectivity index (χ1v) is 39.2. The van der Waals surface area contributed by atoms with Crippen molar-refractivity contribution in [1.29, 1.82) is 0 Å². The number of amides is 13. The number of benzene rings is 3. The molecular formula is C76H100F3N15O28S. The van der Waals surface area contributed by atoms with Crippen LogP contribution in [0.1, 0.15) is 121 Å². The van der Waals surface area contributed by atoms with Gasteiger partial charge in [-0.1, -0.05) is 74.5 Å². The van der Waals surface area contributed by atoms with Crippen LogP contribution < -0.4 is 75.3 Å². The standard InChI is InChI=1S/C74H99N15O26S.C2HF3O2/c1-37(2)30-44(75)65(106)81-47(19-24-58(94)95)68(109)83-49(21-26-60(98)99)70(111)85-50(22-27-61(100)101)71(112)84-48(20-25-59(96)97)69(110)82-46(18-23-57(92)93)67(108)79-38(3)64(105)88-53(32-40-14-16-42(90)17-15-40)66(107)78-36-56(91)80-54(33-41-35-77-45-13-9-8-12-43(41)45)73(114)86-51(28-29-116-4)72(113)89-55(34-62(102)103)74(115)87-52(63(76)104)31-39-10-6-5-7-11-39;3-2(4,5)1(6)7/h5-17,35,37-38,44,46-55,77,90H,18-34,36,75H2,1-4H3,(H2,76,104)(H,78,107)(H,79,108)(H,80,91)(H,81,106)(H,82,110)(H,83,109)(H,84,112)(H,85,111)(H,86,114)(H,87,115)(H,88,105)(H,89,113)(H,92,93)(H,94,95)(H,96,97)(H,98,99)(H,100,101)(H,102,103);(H,6,7)/t38-,44-,46-,47-,48-,49-,50-,51-,52-,53-,54-,55-;/m0./s1. The molecule has 0 bridgehead atoms. The number of hydrogen-bond donors (Lipinski definition) is 23. The Labute approximate surface area is 702 Å². The van der Waals surface area contributed by atoms with Crippen LogP contribution in [0.4, 0.5) is 13.2 Å². The third kappa shape index (κ3) is 39.5. The van der Waals surface area contributed by atoms with Gasteiger partial charge in [0.2, 0.25) is 76.8 Å². The van der Waals surface area contributed by atoms with Crippen molar-refractivity contribution in [3.63, 3.8) is 0 Å². The Morgan fingerprint density at radius 2 is 0.772 bits per heavy atom. The highest BCUT2D eigenvalue weighted by atomic mass is 32.2. The van der Waals surface area contributed by atoms with Crippen molar-refractivity contribution < 1.29 is 150 Å². The molecule has 1 aromatic heterocycles. The number of rotatable bonds is 53. The number of para-hydroxylation sites is 1. The van der Waals surface area contributed by atoms with Gasteiger partial charge in [-0.25, -0.2) is 4.79 Å². The molecule has 0 radical (unpaired) electrons. The predicted molar refractivity (Wildman–Crippen MR) is 424 cm³/mol. The molecule has 0 saturated heterocycles. The number of aromatic nitrogens is 1. The van der Waals surface area contributed by atoms with Crippen molar-refractivity contribution in [3.05, 3.63) is 102 Å². The fraction of sp³-hybridized carbons (Fsp3) is 0.474. The summed E-state index contributed by atoms with van der Waals surface area (Å²) < 4.78 is 31.7. The molecule has 4 rings (SSSR count). The second-order valence-electron chi connectivity index (χ2n) is 28.2. The molecule has 13 amide bonds. The molecule has 0 aliphatic rings. The molecular weight excluding hydrogens is 1660 g/mol. The fourth-order valence-electron chi connectivity index (χ4n) is 11.5. The first-order valence-electron chi connectivity index (χ1n) is 37.8. The predicted octanol–water partition coefficient (Wildman–Crippen LogP) is -2.59. The molecule has 0 saturated carbocycles. The third-order valence-corrected chi connectivity index (χ3v) is 18.5. The number of phenols is 1. The number of phenolic OH excluding ortho intramolecular Hbond substituents is 1. The van der Waals surface area contributed by atoms with E-state index in [1.165, 1.54) is 36.0 Å². The van der Waals surface area contributed by atoms with Crippen LogP contribution in [0, 0.1) is 5.92 Å². The van der Waals surface area contributed by atoms with Crippen LogP contribution >= 0.6 is 11.8 Å². The molecule has 674 valence electrons. The van der Waals surface area contributed by atoms with Gasteiger partial charge in [0.05, 0.1) is 19.0 Å². The van der Waals surface area contributed by atoms with E-state index < -0.39 is 281 Å². The second kappa shape index (κ2) is 51.9. The number of primary amides is 1. The maximum absolute atomic E-state index is 14.6. The molecule has 0 unspecified atom stereocenters. The minimum absolute atomic E-state index is 0.0928. The second-order valence-corrected chi connectivity index (χ2v) is 29.2. The van der Waals surface area contributed by atoms with Gasteiger partial charge in [-0.15, -0.1) is 0 Å². The van der Waals surface area contributed by atoms with Gasteiger partial charge in [0, 0.05) is 68.5 Å². The van der Waals surface area contributed by atoms with Crippen LogP contribution in [0.25, 0.3) is 10.9 Å². The highest BCUT2D eigenvalue weighted by molar-refractivity contribution is 7.98. The van der Waals surface area contributed by atoms with E-state index in [1.807, 2.05) is 0 Å². The summed E-state index contributed by atoms with van der Waals surface area (Å²) in [7, 11) is 0. The van der Waals surface area contributed by atoms with Crippen molar-refractivity contribution in [1.82, 2.24) is 68.8 Å². The van der Waals surface area contributed by atoms with Crippen molar-refractivity contribution in [2.24, 2.45) is 17.4 Å². The van der Waals surface area contributed by atoms with Gasteiger partial charge in [0.25, 0.3) is 0 Å². The smallest absolute Gasteiger partial charge is 0.490 e. The number of aliphatic carboxylic acids is 7. The number of aromatic hydroxyl groups is 1. The maximum Gasteiger partial charge on any atom is 0.490 e. The van der Waals surface area contributed by atoms with E-state index in [4.69, 9.17) is 21.4 Å². The zero-order valence-corrected chi connectivity index (χ0v) is 67.6. The Morgan fingerprint density at radius 3 is 1.19 bits per heavy atom. The Hall–Kier alpha value is -13.5. The lowest BCUT2D eigenvalue weighted by Crippen LogP contribution is -2.60. The highest BCUT2D eigenvalue weighted by Crippen LogP contribution is 2.21. The number of nitrogens with one attached hydrogen (secondary N) is 13. The molecule has 0 aliphatic heterocycles.